The SMILES string of the molecule is c1ccc2c(c1)nc1c3ccc4c5ccccc5sc4c3c3cc4oc5ccccc5c4cc3n21. The average Bonchev–Trinajstić information content (AvgIpc) is 3.58. The van der Waals surface area contributed by atoms with Crippen molar-refractivity contribution in [3.8, 4) is 0 Å². The summed E-state index contributed by atoms with van der Waals surface area (Å²) in [6.45, 7) is 0. The van der Waals surface area contributed by atoms with E-state index in [9.17, 15) is 0 Å². The Hall–Kier alpha value is -4.41. The zero-order valence-electron chi connectivity index (χ0n) is 18.4. The molecular weight excluding hydrogens is 448 g/mol. The van der Waals surface area contributed by atoms with E-state index in [1.807, 2.05) is 23.5 Å². The van der Waals surface area contributed by atoms with Gasteiger partial charge in [0.25, 0.3) is 0 Å². The van der Waals surface area contributed by atoms with Crippen molar-refractivity contribution < 1.29 is 4.42 Å². The number of para-hydroxylation sites is 3. The van der Waals surface area contributed by atoms with Crippen LogP contribution < -0.4 is 0 Å². The summed E-state index contributed by atoms with van der Waals surface area (Å²) in [5.74, 6) is 0. The van der Waals surface area contributed by atoms with E-state index >= 15 is 0 Å². The van der Waals surface area contributed by atoms with Gasteiger partial charge in [0.05, 0.1) is 16.6 Å². The fourth-order valence-corrected chi connectivity index (χ4v) is 7.10. The molecule has 0 aliphatic carbocycles. The lowest BCUT2D eigenvalue weighted by molar-refractivity contribution is 0.669. The van der Waals surface area contributed by atoms with E-state index < -0.39 is 0 Å². The molecular formula is C31H16N2OS. The first kappa shape index (κ1) is 18.0. The molecule has 162 valence electrons. The van der Waals surface area contributed by atoms with E-state index in [4.69, 9.17) is 9.40 Å². The van der Waals surface area contributed by atoms with Crippen molar-refractivity contribution in [3.63, 3.8) is 0 Å². The van der Waals surface area contributed by atoms with Crippen molar-refractivity contribution in [1.29, 1.82) is 0 Å². The molecule has 4 heteroatoms. The maximum atomic E-state index is 6.34. The molecule has 0 radical (unpaired) electrons. The average molecular weight is 465 g/mol. The lowest BCUT2D eigenvalue weighted by atomic mass is 10.0. The minimum absolute atomic E-state index is 0.917. The molecule has 0 saturated heterocycles. The molecule has 0 aliphatic rings. The molecule has 3 nitrogen and oxygen atoms in total. The number of benzene rings is 5. The maximum absolute atomic E-state index is 6.34. The third-order valence-corrected chi connectivity index (χ3v) is 8.56. The van der Waals surface area contributed by atoms with E-state index in [0.717, 1.165) is 44.1 Å². The maximum Gasteiger partial charge on any atom is 0.146 e. The number of thiophene rings is 1. The Morgan fingerprint density at radius 1 is 0.600 bits per heavy atom. The summed E-state index contributed by atoms with van der Waals surface area (Å²) in [5, 5.41) is 8.49. The number of furan rings is 1. The molecule has 0 aliphatic heterocycles. The van der Waals surface area contributed by atoms with Crippen LogP contribution in [0.3, 0.4) is 0 Å². The minimum Gasteiger partial charge on any atom is -0.456 e. The van der Waals surface area contributed by atoms with E-state index in [0.29, 0.717) is 0 Å². The van der Waals surface area contributed by atoms with Crippen LogP contribution in [0.25, 0.3) is 80.5 Å². The van der Waals surface area contributed by atoms with Crippen LogP contribution in [0, 0.1) is 0 Å². The predicted octanol–water partition coefficient (Wildman–Crippen LogP) is 9.06. The van der Waals surface area contributed by atoms with Crippen molar-refractivity contribution in [2.45, 2.75) is 0 Å². The molecule has 9 rings (SSSR count). The van der Waals surface area contributed by atoms with Gasteiger partial charge in [-0.3, -0.25) is 4.40 Å². The Labute approximate surface area is 202 Å². The number of pyridine rings is 1. The van der Waals surface area contributed by atoms with Gasteiger partial charge in [0.1, 0.15) is 16.8 Å². The van der Waals surface area contributed by atoms with Crippen LogP contribution in [0.15, 0.2) is 101 Å². The fourth-order valence-electron chi connectivity index (χ4n) is 5.84. The quantitative estimate of drug-likeness (QED) is 0.210. The normalized spacial score (nSPS) is 12.6. The number of hydrogen-bond acceptors (Lipinski definition) is 3. The molecule has 0 amide bonds. The summed E-state index contributed by atoms with van der Waals surface area (Å²) in [6.07, 6.45) is 0. The predicted molar refractivity (Wildman–Crippen MR) is 148 cm³/mol. The van der Waals surface area contributed by atoms with Crippen molar-refractivity contribution in [3.05, 3.63) is 97.1 Å². The molecule has 4 heterocycles. The fraction of sp³-hybridized carbons (Fsp3) is 0. The van der Waals surface area contributed by atoms with Gasteiger partial charge in [-0.2, -0.15) is 0 Å². The molecule has 0 fully saturated rings. The smallest absolute Gasteiger partial charge is 0.146 e. The summed E-state index contributed by atoms with van der Waals surface area (Å²) >= 11 is 1.86. The summed E-state index contributed by atoms with van der Waals surface area (Å²) in [5.41, 5.74) is 6.13. The molecule has 4 aromatic heterocycles. The monoisotopic (exact) mass is 464 g/mol. The highest BCUT2D eigenvalue weighted by atomic mass is 32.1. The Morgan fingerprint density at radius 3 is 2.37 bits per heavy atom. The van der Waals surface area contributed by atoms with E-state index in [1.165, 1.54) is 36.3 Å². The van der Waals surface area contributed by atoms with E-state index in [-0.39, 0.29) is 0 Å². The van der Waals surface area contributed by atoms with Gasteiger partial charge in [0, 0.05) is 47.1 Å². The highest BCUT2D eigenvalue weighted by Crippen LogP contribution is 2.44. The molecule has 0 saturated carbocycles. The second-order valence-corrected chi connectivity index (χ2v) is 10.2. The van der Waals surface area contributed by atoms with Crippen LogP contribution in [-0.4, -0.2) is 9.38 Å². The van der Waals surface area contributed by atoms with Crippen LogP contribution in [0.4, 0.5) is 0 Å². The van der Waals surface area contributed by atoms with Gasteiger partial charge in [-0.15, -0.1) is 11.3 Å². The summed E-state index contributed by atoms with van der Waals surface area (Å²) < 4.78 is 11.3. The third kappa shape index (κ3) is 2.18. The zero-order chi connectivity index (χ0) is 22.7. The first-order chi connectivity index (χ1) is 17.3. The molecule has 35 heavy (non-hydrogen) atoms. The first-order valence-electron chi connectivity index (χ1n) is 11.7. The summed E-state index contributed by atoms with van der Waals surface area (Å²) in [7, 11) is 0. The highest BCUT2D eigenvalue weighted by Gasteiger charge is 2.19. The standard InChI is InChI=1S/C31H16N2OS/c1-5-11-26-17(7-1)21-15-25-22(16-27(21)34-26)29-20(31-32-23-9-3-4-10-24(23)33(25)31)14-13-19-18-8-2-6-12-28(18)35-30(19)29/h1-16H. The lowest BCUT2D eigenvalue weighted by Crippen LogP contribution is -1.92. The number of imidazole rings is 1. The van der Waals surface area contributed by atoms with Gasteiger partial charge in [-0.05, 0) is 42.5 Å². The Kier molecular flexibility index (Phi) is 3.17. The van der Waals surface area contributed by atoms with E-state index in [1.54, 1.807) is 0 Å². The van der Waals surface area contributed by atoms with Crippen LogP contribution in [-0.2, 0) is 0 Å². The van der Waals surface area contributed by atoms with Crippen LogP contribution in [0.2, 0.25) is 0 Å². The minimum atomic E-state index is 0.917. The van der Waals surface area contributed by atoms with Crippen LogP contribution in [0.5, 0.6) is 0 Å². The largest absolute Gasteiger partial charge is 0.456 e. The first-order valence-corrected chi connectivity index (χ1v) is 12.5. The Morgan fingerprint density at radius 2 is 1.40 bits per heavy atom. The van der Waals surface area contributed by atoms with Gasteiger partial charge in [0.2, 0.25) is 0 Å². The van der Waals surface area contributed by atoms with Crippen molar-refractivity contribution in [2.75, 3.05) is 0 Å². The summed E-state index contributed by atoms with van der Waals surface area (Å²) in [4.78, 5) is 5.13. The number of aromatic nitrogens is 2. The Bertz CT molecular complexity index is 2330. The van der Waals surface area contributed by atoms with Gasteiger partial charge < -0.3 is 4.42 Å². The third-order valence-electron chi connectivity index (χ3n) is 7.35. The molecule has 0 bridgehead atoms. The zero-order valence-corrected chi connectivity index (χ0v) is 19.3. The summed E-state index contributed by atoms with van der Waals surface area (Å²) in [6, 6.07) is 34.4. The highest BCUT2D eigenvalue weighted by molar-refractivity contribution is 7.26. The Balaban J connectivity index is 1.64. The second kappa shape index (κ2) is 6.17. The van der Waals surface area contributed by atoms with E-state index in [2.05, 4.69) is 89.3 Å². The molecule has 0 atom stereocenters. The number of nitrogens with zero attached hydrogens (tertiary/aromatic N) is 2. The van der Waals surface area contributed by atoms with Gasteiger partial charge in [0.15, 0.2) is 0 Å². The van der Waals surface area contributed by atoms with Crippen molar-refractivity contribution in [2.24, 2.45) is 0 Å². The van der Waals surface area contributed by atoms with Gasteiger partial charge in [-0.25, -0.2) is 4.98 Å². The number of hydrogen-bond donors (Lipinski definition) is 0. The van der Waals surface area contributed by atoms with Crippen LogP contribution >= 0.6 is 11.3 Å². The van der Waals surface area contributed by atoms with Crippen molar-refractivity contribution in [1.82, 2.24) is 9.38 Å². The molecule has 0 spiro atoms. The molecule has 9 aromatic rings. The van der Waals surface area contributed by atoms with Gasteiger partial charge >= 0.3 is 0 Å². The van der Waals surface area contributed by atoms with Gasteiger partial charge in [-0.1, -0.05) is 54.6 Å². The second-order valence-electron chi connectivity index (χ2n) is 9.19. The van der Waals surface area contributed by atoms with Crippen LogP contribution in [0.1, 0.15) is 0 Å². The molecule has 0 N–H and O–H groups in total. The number of rotatable bonds is 0. The van der Waals surface area contributed by atoms with Crippen molar-refractivity contribution >= 4 is 91.8 Å². The topological polar surface area (TPSA) is 30.4 Å². The molecule has 5 aromatic carbocycles. The number of fused-ring (bicyclic) bond motifs is 15. The molecule has 0 unspecified atom stereocenters. The lowest BCUT2D eigenvalue weighted by Gasteiger charge is -2.10.